The molecular weight excluding hydrogens is 330 g/mol. The summed E-state index contributed by atoms with van der Waals surface area (Å²) in [5, 5.41) is 6.38. The van der Waals surface area contributed by atoms with Crippen molar-refractivity contribution in [2.24, 2.45) is 5.92 Å². The van der Waals surface area contributed by atoms with Crippen molar-refractivity contribution >= 4 is 17.5 Å². The zero-order valence-electron chi connectivity index (χ0n) is 15.9. The molecule has 2 fully saturated rings. The van der Waals surface area contributed by atoms with Crippen molar-refractivity contribution in [3.8, 4) is 5.75 Å². The number of hydrogen-bond donors (Lipinski definition) is 2. The number of amides is 2. The zero-order valence-corrected chi connectivity index (χ0v) is 15.9. The summed E-state index contributed by atoms with van der Waals surface area (Å²) in [5.74, 6) is 0.945. The van der Waals surface area contributed by atoms with Crippen LogP contribution in [-0.4, -0.2) is 35.9 Å². The lowest BCUT2D eigenvalue weighted by atomic mass is 9.96. The highest BCUT2D eigenvalue weighted by Crippen LogP contribution is 2.48. The van der Waals surface area contributed by atoms with E-state index in [9.17, 15) is 9.59 Å². The molecule has 1 saturated carbocycles. The minimum absolute atomic E-state index is 0.0205. The van der Waals surface area contributed by atoms with Gasteiger partial charge >= 0.3 is 0 Å². The molecule has 1 saturated heterocycles. The molecule has 140 valence electrons. The van der Waals surface area contributed by atoms with Crippen LogP contribution in [0.2, 0.25) is 0 Å². The standard InChI is InChI=1S/C20H27N3O3/c1-12-9-14(26-4)10-15-16(12)21-17(24)20(15)22-19(2,3)18(25)23(20)11-13-7-5-6-8-13/h9-10,13,22H,5-8,11H2,1-4H3,(H,21,24). The van der Waals surface area contributed by atoms with E-state index >= 15 is 0 Å². The smallest absolute Gasteiger partial charge is 0.270 e. The fraction of sp³-hybridized carbons (Fsp3) is 0.600. The zero-order chi connectivity index (χ0) is 18.7. The molecule has 6 nitrogen and oxygen atoms in total. The molecule has 2 amide bonds. The van der Waals surface area contributed by atoms with E-state index in [0.29, 0.717) is 18.2 Å². The first-order chi connectivity index (χ1) is 12.3. The van der Waals surface area contributed by atoms with Gasteiger partial charge in [0.05, 0.1) is 18.3 Å². The number of ether oxygens (including phenoxy) is 1. The molecule has 2 N–H and O–H groups in total. The number of anilines is 1. The maximum absolute atomic E-state index is 13.2. The second-order valence-electron chi connectivity index (χ2n) is 8.35. The number of carbonyl (C=O) groups is 2. The van der Waals surface area contributed by atoms with Gasteiger partial charge in [-0.3, -0.25) is 14.9 Å². The average Bonchev–Trinajstić information content (AvgIpc) is 3.24. The highest BCUT2D eigenvalue weighted by molar-refractivity contribution is 6.11. The van der Waals surface area contributed by atoms with Crippen LogP contribution in [0, 0.1) is 12.8 Å². The number of methoxy groups -OCH3 is 1. The van der Waals surface area contributed by atoms with E-state index in [1.54, 1.807) is 12.0 Å². The molecule has 2 heterocycles. The molecule has 0 bridgehead atoms. The Bertz CT molecular complexity index is 783. The maximum Gasteiger partial charge on any atom is 0.270 e. The van der Waals surface area contributed by atoms with Gasteiger partial charge in [0.1, 0.15) is 5.75 Å². The van der Waals surface area contributed by atoms with Crippen LogP contribution < -0.4 is 15.4 Å². The molecule has 1 aliphatic carbocycles. The van der Waals surface area contributed by atoms with Gasteiger partial charge in [-0.1, -0.05) is 12.8 Å². The van der Waals surface area contributed by atoms with Crippen molar-refractivity contribution < 1.29 is 14.3 Å². The van der Waals surface area contributed by atoms with Crippen LogP contribution in [0.1, 0.15) is 50.7 Å². The lowest BCUT2D eigenvalue weighted by Crippen LogP contribution is -2.56. The number of hydrogen-bond acceptors (Lipinski definition) is 4. The van der Waals surface area contributed by atoms with Gasteiger partial charge < -0.3 is 15.0 Å². The average molecular weight is 357 g/mol. The molecule has 4 rings (SSSR count). The second kappa shape index (κ2) is 5.71. The molecule has 2 aliphatic heterocycles. The SMILES string of the molecule is COc1cc(C)c2c(c1)C1(NC(C)(C)C(=O)N1CC1CCCC1)C(=O)N2. The minimum Gasteiger partial charge on any atom is -0.497 e. The molecule has 1 spiro atoms. The first-order valence-electron chi connectivity index (χ1n) is 9.41. The van der Waals surface area contributed by atoms with Gasteiger partial charge in [-0.05, 0) is 57.2 Å². The Balaban J connectivity index is 1.86. The van der Waals surface area contributed by atoms with Crippen LogP contribution in [0.25, 0.3) is 0 Å². The molecule has 0 aromatic heterocycles. The number of aryl methyl sites for hydroxylation is 1. The molecule has 6 heteroatoms. The highest BCUT2D eigenvalue weighted by atomic mass is 16.5. The molecule has 1 unspecified atom stereocenters. The number of nitrogens with zero attached hydrogens (tertiary/aromatic N) is 1. The maximum atomic E-state index is 13.2. The van der Waals surface area contributed by atoms with E-state index in [4.69, 9.17) is 4.74 Å². The van der Waals surface area contributed by atoms with Crippen molar-refractivity contribution in [1.82, 2.24) is 10.2 Å². The first kappa shape index (κ1) is 17.3. The largest absolute Gasteiger partial charge is 0.497 e. The van der Waals surface area contributed by atoms with Gasteiger partial charge in [-0.25, -0.2) is 0 Å². The molecule has 0 radical (unpaired) electrons. The van der Waals surface area contributed by atoms with Crippen molar-refractivity contribution in [3.63, 3.8) is 0 Å². The predicted octanol–water partition coefficient (Wildman–Crippen LogP) is 2.51. The van der Waals surface area contributed by atoms with Crippen LogP contribution in [0.3, 0.4) is 0 Å². The third-order valence-electron chi connectivity index (χ3n) is 6.10. The summed E-state index contributed by atoms with van der Waals surface area (Å²) in [5.41, 5.74) is 0.553. The third-order valence-corrected chi connectivity index (χ3v) is 6.10. The topological polar surface area (TPSA) is 70.7 Å². The van der Waals surface area contributed by atoms with Crippen LogP contribution in [-0.2, 0) is 15.3 Å². The van der Waals surface area contributed by atoms with E-state index in [2.05, 4.69) is 10.6 Å². The van der Waals surface area contributed by atoms with Crippen molar-refractivity contribution in [1.29, 1.82) is 0 Å². The van der Waals surface area contributed by atoms with Crippen LogP contribution in [0.4, 0.5) is 5.69 Å². The van der Waals surface area contributed by atoms with Gasteiger partial charge in [0.2, 0.25) is 11.6 Å². The van der Waals surface area contributed by atoms with Crippen LogP contribution >= 0.6 is 0 Å². The van der Waals surface area contributed by atoms with Crippen molar-refractivity contribution in [3.05, 3.63) is 23.3 Å². The fourth-order valence-electron chi connectivity index (χ4n) is 4.78. The summed E-state index contributed by atoms with van der Waals surface area (Å²) in [6.45, 7) is 6.26. The van der Waals surface area contributed by atoms with E-state index in [-0.39, 0.29) is 11.8 Å². The Labute approximate surface area is 154 Å². The van der Waals surface area contributed by atoms with Gasteiger partial charge in [-0.15, -0.1) is 0 Å². The van der Waals surface area contributed by atoms with Crippen LogP contribution in [0.15, 0.2) is 12.1 Å². The van der Waals surface area contributed by atoms with Crippen molar-refractivity contribution in [2.75, 3.05) is 19.0 Å². The summed E-state index contributed by atoms with van der Waals surface area (Å²) in [4.78, 5) is 28.2. The van der Waals surface area contributed by atoms with E-state index < -0.39 is 11.2 Å². The van der Waals surface area contributed by atoms with Crippen LogP contribution in [0.5, 0.6) is 5.75 Å². The second-order valence-corrected chi connectivity index (χ2v) is 8.35. The Kier molecular flexibility index (Phi) is 3.81. The molecule has 1 aromatic rings. The Morgan fingerprint density at radius 3 is 2.58 bits per heavy atom. The van der Waals surface area contributed by atoms with Gasteiger partial charge in [0.15, 0.2) is 0 Å². The Morgan fingerprint density at radius 1 is 1.23 bits per heavy atom. The monoisotopic (exact) mass is 357 g/mol. The molecular formula is C20H27N3O3. The summed E-state index contributed by atoms with van der Waals surface area (Å²) >= 11 is 0. The lowest BCUT2D eigenvalue weighted by molar-refractivity contribution is -0.141. The van der Waals surface area contributed by atoms with Gasteiger partial charge in [0.25, 0.3) is 5.91 Å². The Morgan fingerprint density at radius 2 is 1.92 bits per heavy atom. The number of fused-ring (bicyclic) bond motifs is 2. The number of nitrogens with one attached hydrogen (secondary N) is 2. The summed E-state index contributed by atoms with van der Waals surface area (Å²) in [6, 6.07) is 3.78. The lowest BCUT2D eigenvalue weighted by Gasteiger charge is -2.34. The third kappa shape index (κ3) is 2.28. The molecule has 26 heavy (non-hydrogen) atoms. The summed E-state index contributed by atoms with van der Waals surface area (Å²) in [6.07, 6.45) is 4.64. The van der Waals surface area contributed by atoms with Gasteiger partial charge in [-0.2, -0.15) is 0 Å². The van der Waals surface area contributed by atoms with E-state index in [1.165, 1.54) is 12.8 Å². The minimum atomic E-state index is -1.15. The number of benzene rings is 1. The quantitative estimate of drug-likeness (QED) is 0.872. The summed E-state index contributed by atoms with van der Waals surface area (Å²) < 4.78 is 5.44. The summed E-state index contributed by atoms with van der Waals surface area (Å²) in [7, 11) is 1.62. The molecule has 3 aliphatic rings. The number of rotatable bonds is 3. The first-order valence-corrected chi connectivity index (χ1v) is 9.41. The van der Waals surface area contributed by atoms with E-state index in [0.717, 1.165) is 29.7 Å². The molecule has 1 atom stereocenters. The predicted molar refractivity (Wildman–Crippen MR) is 98.9 cm³/mol. The van der Waals surface area contributed by atoms with E-state index in [1.807, 2.05) is 32.9 Å². The normalized spacial score (nSPS) is 27.3. The van der Waals surface area contributed by atoms with Gasteiger partial charge in [0, 0.05) is 12.1 Å². The fourth-order valence-corrected chi connectivity index (χ4v) is 4.78. The molecule has 1 aromatic carbocycles. The highest BCUT2D eigenvalue weighted by Gasteiger charge is 2.63. The van der Waals surface area contributed by atoms with Crippen molar-refractivity contribution in [2.45, 2.75) is 57.7 Å². The Hall–Kier alpha value is -2.08. The number of carbonyl (C=O) groups excluding carboxylic acids is 2.